The Hall–Kier alpha value is -3.40. The number of rotatable bonds is 6. The van der Waals surface area contributed by atoms with Crippen molar-refractivity contribution in [3.8, 4) is 6.07 Å². The van der Waals surface area contributed by atoms with Gasteiger partial charge >= 0.3 is 5.97 Å². The number of hydrogen-bond donors (Lipinski definition) is 1. The van der Waals surface area contributed by atoms with Gasteiger partial charge in [-0.3, -0.25) is 14.4 Å². The van der Waals surface area contributed by atoms with E-state index in [1.54, 1.807) is 19.1 Å². The quantitative estimate of drug-likeness (QED) is 0.496. The SMILES string of the molecule is CCOC(=O)[C@H](C#N)C(=O)c1ccc(NC(=O)c2ccco2)cc1. The summed E-state index contributed by atoms with van der Waals surface area (Å²) in [6.45, 7) is 1.68. The smallest absolute Gasteiger partial charge is 0.331 e. The third-order valence-electron chi connectivity index (χ3n) is 3.09. The Labute approximate surface area is 137 Å². The zero-order valence-corrected chi connectivity index (χ0v) is 12.8. The van der Waals surface area contributed by atoms with Gasteiger partial charge in [-0.1, -0.05) is 0 Å². The Morgan fingerprint density at radius 2 is 1.96 bits per heavy atom. The number of carbonyl (C=O) groups excluding carboxylic acids is 3. The van der Waals surface area contributed by atoms with Gasteiger partial charge in [0.15, 0.2) is 11.5 Å². The van der Waals surface area contributed by atoms with Gasteiger partial charge in [0.25, 0.3) is 5.91 Å². The average molecular weight is 326 g/mol. The summed E-state index contributed by atoms with van der Waals surface area (Å²) in [6.07, 6.45) is 1.38. The molecule has 0 fully saturated rings. The first kappa shape index (κ1) is 17.0. The van der Waals surface area contributed by atoms with E-state index >= 15 is 0 Å². The maximum absolute atomic E-state index is 12.2. The minimum absolute atomic E-state index is 0.0854. The van der Waals surface area contributed by atoms with Crippen LogP contribution in [0, 0.1) is 17.2 Å². The minimum atomic E-state index is -1.51. The molecule has 1 N–H and O–H groups in total. The predicted octanol–water partition coefficient (Wildman–Crippen LogP) is 2.42. The van der Waals surface area contributed by atoms with Crippen molar-refractivity contribution < 1.29 is 23.5 Å². The molecule has 1 amide bonds. The summed E-state index contributed by atoms with van der Waals surface area (Å²) in [5.41, 5.74) is 0.614. The highest BCUT2D eigenvalue weighted by Gasteiger charge is 2.28. The Bertz CT molecular complexity index is 772. The minimum Gasteiger partial charge on any atom is -0.465 e. The van der Waals surface area contributed by atoms with Gasteiger partial charge in [-0.15, -0.1) is 0 Å². The topological polar surface area (TPSA) is 109 Å². The lowest BCUT2D eigenvalue weighted by atomic mass is 9.99. The van der Waals surface area contributed by atoms with Gasteiger partial charge in [-0.25, -0.2) is 0 Å². The number of nitrogens with zero attached hydrogens (tertiary/aromatic N) is 1. The highest BCUT2D eigenvalue weighted by Crippen LogP contribution is 2.15. The van der Waals surface area contributed by atoms with Crippen LogP contribution in [0.25, 0.3) is 0 Å². The normalized spacial score (nSPS) is 11.2. The lowest BCUT2D eigenvalue weighted by Gasteiger charge is -2.08. The van der Waals surface area contributed by atoms with Crippen LogP contribution >= 0.6 is 0 Å². The molecule has 1 aromatic heterocycles. The largest absolute Gasteiger partial charge is 0.465 e. The molecule has 0 saturated carbocycles. The second kappa shape index (κ2) is 7.74. The van der Waals surface area contributed by atoms with Gasteiger partial charge in [0.1, 0.15) is 0 Å². The van der Waals surface area contributed by atoms with Crippen molar-refractivity contribution in [1.82, 2.24) is 0 Å². The number of benzene rings is 1. The summed E-state index contributed by atoms with van der Waals surface area (Å²) in [4.78, 5) is 35.6. The van der Waals surface area contributed by atoms with Gasteiger partial charge < -0.3 is 14.5 Å². The average Bonchev–Trinajstić information content (AvgIpc) is 3.11. The zero-order chi connectivity index (χ0) is 17.5. The number of nitrogens with one attached hydrogen (secondary N) is 1. The van der Waals surface area contributed by atoms with Gasteiger partial charge in [0, 0.05) is 11.3 Å². The molecule has 0 saturated heterocycles. The van der Waals surface area contributed by atoms with Crippen LogP contribution in [0.4, 0.5) is 5.69 Å². The van der Waals surface area contributed by atoms with E-state index in [1.165, 1.54) is 36.6 Å². The molecule has 0 spiro atoms. The maximum Gasteiger partial charge on any atom is 0.331 e. The van der Waals surface area contributed by atoms with Gasteiger partial charge in [-0.05, 0) is 43.3 Å². The fourth-order valence-electron chi connectivity index (χ4n) is 1.93. The van der Waals surface area contributed by atoms with E-state index in [4.69, 9.17) is 14.4 Å². The summed E-state index contributed by atoms with van der Waals surface area (Å²) in [6, 6.07) is 10.6. The van der Waals surface area contributed by atoms with E-state index < -0.39 is 23.6 Å². The van der Waals surface area contributed by atoms with Crippen LogP contribution in [0.1, 0.15) is 27.8 Å². The summed E-state index contributed by atoms with van der Waals surface area (Å²) in [7, 11) is 0. The first-order chi connectivity index (χ1) is 11.6. The Kier molecular flexibility index (Phi) is 5.47. The van der Waals surface area contributed by atoms with Crippen molar-refractivity contribution >= 4 is 23.3 Å². The fourth-order valence-corrected chi connectivity index (χ4v) is 1.93. The van der Waals surface area contributed by atoms with Crippen LogP contribution in [0.2, 0.25) is 0 Å². The summed E-state index contributed by atoms with van der Waals surface area (Å²) >= 11 is 0. The number of ether oxygens (including phenoxy) is 1. The van der Waals surface area contributed by atoms with Crippen LogP contribution in [0.15, 0.2) is 47.1 Å². The summed E-state index contributed by atoms with van der Waals surface area (Å²) in [5.74, 6) is -3.31. The molecule has 0 aliphatic heterocycles. The summed E-state index contributed by atoms with van der Waals surface area (Å²) in [5, 5.41) is 11.6. The van der Waals surface area contributed by atoms with E-state index in [2.05, 4.69) is 5.32 Å². The van der Waals surface area contributed by atoms with Crippen molar-refractivity contribution in [2.45, 2.75) is 6.92 Å². The van der Waals surface area contributed by atoms with Gasteiger partial charge in [0.2, 0.25) is 5.92 Å². The second-order valence-corrected chi connectivity index (χ2v) is 4.69. The lowest BCUT2D eigenvalue weighted by molar-refractivity contribution is -0.144. The Balaban J connectivity index is 2.08. The van der Waals surface area contributed by atoms with Crippen molar-refractivity contribution in [2.24, 2.45) is 5.92 Å². The van der Waals surface area contributed by atoms with Crippen molar-refractivity contribution in [1.29, 1.82) is 5.26 Å². The lowest BCUT2D eigenvalue weighted by Crippen LogP contribution is -2.25. The first-order valence-corrected chi connectivity index (χ1v) is 7.12. The van der Waals surface area contributed by atoms with Crippen LogP contribution in [-0.2, 0) is 9.53 Å². The number of esters is 1. The zero-order valence-electron chi connectivity index (χ0n) is 12.8. The number of nitriles is 1. The molecule has 24 heavy (non-hydrogen) atoms. The molecule has 2 aromatic rings. The van der Waals surface area contributed by atoms with Crippen LogP contribution in [-0.4, -0.2) is 24.3 Å². The third-order valence-corrected chi connectivity index (χ3v) is 3.09. The van der Waals surface area contributed by atoms with E-state index in [-0.39, 0.29) is 17.9 Å². The molecule has 0 aliphatic rings. The third kappa shape index (κ3) is 3.87. The van der Waals surface area contributed by atoms with Crippen LogP contribution in [0.5, 0.6) is 0 Å². The Morgan fingerprint density at radius 3 is 2.50 bits per heavy atom. The van der Waals surface area contributed by atoms with Crippen molar-refractivity contribution in [2.75, 3.05) is 11.9 Å². The molecule has 0 unspecified atom stereocenters. The molecule has 2 rings (SSSR count). The van der Waals surface area contributed by atoms with E-state index in [0.717, 1.165) is 0 Å². The van der Waals surface area contributed by atoms with E-state index in [1.807, 2.05) is 0 Å². The number of amides is 1. The van der Waals surface area contributed by atoms with Crippen molar-refractivity contribution in [3.63, 3.8) is 0 Å². The molecule has 7 nitrogen and oxygen atoms in total. The number of Topliss-reactive ketones (excluding diaryl/α,β-unsaturated/α-hetero) is 1. The summed E-state index contributed by atoms with van der Waals surface area (Å²) < 4.78 is 9.68. The van der Waals surface area contributed by atoms with Crippen molar-refractivity contribution in [3.05, 3.63) is 54.0 Å². The van der Waals surface area contributed by atoms with E-state index in [0.29, 0.717) is 5.69 Å². The molecule has 1 atom stereocenters. The molecule has 1 heterocycles. The maximum atomic E-state index is 12.2. The first-order valence-electron chi connectivity index (χ1n) is 7.12. The predicted molar refractivity (Wildman–Crippen MR) is 83.2 cm³/mol. The standard InChI is InChI=1S/C17H14N2O5/c1-2-23-17(22)13(10-18)15(20)11-5-7-12(8-6-11)19-16(21)14-4-3-9-24-14/h3-9,13H,2H2,1H3,(H,19,21)/t13-/m1/s1. The molecule has 1 aromatic carbocycles. The van der Waals surface area contributed by atoms with Gasteiger partial charge in [-0.2, -0.15) is 5.26 Å². The number of hydrogen-bond acceptors (Lipinski definition) is 6. The monoisotopic (exact) mass is 326 g/mol. The Morgan fingerprint density at radius 1 is 1.25 bits per heavy atom. The number of carbonyl (C=O) groups is 3. The molecular formula is C17H14N2O5. The molecule has 0 aliphatic carbocycles. The molecule has 0 bridgehead atoms. The molecule has 122 valence electrons. The molecular weight excluding hydrogens is 312 g/mol. The number of ketones is 1. The fraction of sp³-hybridized carbons (Fsp3) is 0.176. The van der Waals surface area contributed by atoms with Crippen LogP contribution < -0.4 is 5.32 Å². The highest BCUT2D eigenvalue weighted by molar-refractivity contribution is 6.11. The highest BCUT2D eigenvalue weighted by atomic mass is 16.5. The number of furan rings is 1. The van der Waals surface area contributed by atoms with Crippen LogP contribution in [0.3, 0.4) is 0 Å². The van der Waals surface area contributed by atoms with Gasteiger partial charge in [0.05, 0.1) is 18.9 Å². The number of anilines is 1. The van der Waals surface area contributed by atoms with E-state index in [9.17, 15) is 14.4 Å². The second-order valence-electron chi connectivity index (χ2n) is 4.69. The molecule has 0 radical (unpaired) electrons. The molecule has 7 heteroatoms.